The van der Waals surface area contributed by atoms with Crippen molar-refractivity contribution in [1.29, 1.82) is 0 Å². The van der Waals surface area contributed by atoms with E-state index in [1.165, 1.54) is 25.6 Å². The van der Waals surface area contributed by atoms with Gasteiger partial charge in [0.05, 0.1) is 12.7 Å². The molecule has 0 saturated carbocycles. The summed E-state index contributed by atoms with van der Waals surface area (Å²) in [6.45, 7) is 5.01. The second kappa shape index (κ2) is 9.96. The fourth-order valence-corrected chi connectivity index (χ4v) is 3.41. The van der Waals surface area contributed by atoms with E-state index < -0.39 is 0 Å². The van der Waals surface area contributed by atoms with Crippen molar-refractivity contribution in [3.63, 3.8) is 0 Å². The average molecular weight is 396 g/mol. The van der Waals surface area contributed by atoms with Crippen LogP contribution in [0.1, 0.15) is 36.5 Å². The van der Waals surface area contributed by atoms with Gasteiger partial charge in [-0.05, 0) is 67.3 Å². The fourth-order valence-electron chi connectivity index (χ4n) is 3.41. The number of benzene rings is 2. The zero-order chi connectivity index (χ0) is 20.6. The molecule has 6 heteroatoms. The van der Waals surface area contributed by atoms with Crippen LogP contribution in [0.15, 0.2) is 48.5 Å². The Kier molecular flexibility index (Phi) is 7.11. The van der Waals surface area contributed by atoms with Crippen LogP contribution >= 0.6 is 0 Å². The number of carbonyl (C=O) groups is 2. The van der Waals surface area contributed by atoms with Gasteiger partial charge in [0.1, 0.15) is 0 Å². The lowest BCUT2D eigenvalue weighted by Crippen LogP contribution is -2.32. The Labute approximate surface area is 172 Å². The third kappa shape index (κ3) is 5.98. The number of methoxy groups -OCH3 is 1. The van der Waals surface area contributed by atoms with Gasteiger partial charge < -0.3 is 20.3 Å². The van der Waals surface area contributed by atoms with Gasteiger partial charge in [0, 0.05) is 43.1 Å². The smallest absolute Gasteiger partial charge is 0.337 e. The van der Waals surface area contributed by atoms with Crippen LogP contribution in [0, 0.1) is 5.92 Å². The van der Waals surface area contributed by atoms with Crippen LogP contribution in [0.25, 0.3) is 0 Å². The van der Waals surface area contributed by atoms with Gasteiger partial charge in [0.15, 0.2) is 0 Å². The molecule has 1 aliphatic heterocycles. The molecule has 1 aliphatic rings. The first-order valence-corrected chi connectivity index (χ1v) is 10.1. The molecule has 0 atom stereocenters. The van der Waals surface area contributed by atoms with Gasteiger partial charge in [-0.1, -0.05) is 6.92 Å². The van der Waals surface area contributed by atoms with Gasteiger partial charge in [0.2, 0.25) is 5.91 Å². The number of carbonyl (C=O) groups excluding carboxylic acids is 2. The van der Waals surface area contributed by atoms with Crippen LogP contribution in [0.4, 0.5) is 17.1 Å². The molecule has 1 saturated heterocycles. The van der Waals surface area contributed by atoms with Crippen LogP contribution in [0.5, 0.6) is 0 Å². The number of hydrogen-bond donors (Lipinski definition) is 2. The summed E-state index contributed by atoms with van der Waals surface area (Å²) in [5.74, 6) is 0.407. The quantitative estimate of drug-likeness (QED) is 0.689. The highest BCUT2D eigenvalue weighted by atomic mass is 16.5. The average Bonchev–Trinajstić information content (AvgIpc) is 2.75. The Bertz CT molecular complexity index is 810. The summed E-state index contributed by atoms with van der Waals surface area (Å²) in [7, 11) is 1.36. The predicted octanol–water partition coefficient (Wildman–Crippen LogP) is 4.15. The van der Waals surface area contributed by atoms with E-state index in [2.05, 4.69) is 39.3 Å². The van der Waals surface area contributed by atoms with Crippen LogP contribution in [-0.4, -0.2) is 38.6 Å². The first-order chi connectivity index (χ1) is 14.0. The molecule has 0 radical (unpaired) electrons. The molecule has 29 heavy (non-hydrogen) atoms. The normalized spacial score (nSPS) is 14.3. The maximum absolute atomic E-state index is 12.2. The second-order valence-electron chi connectivity index (χ2n) is 7.51. The molecule has 2 aromatic carbocycles. The summed E-state index contributed by atoms with van der Waals surface area (Å²) >= 11 is 0. The van der Waals surface area contributed by atoms with E-state index in [1.807, 2.05) is 12.1 Å². The van der Waals surface area contributed by atoms with Crippen molar-refractivity contribution in [3.05, 3.63) is 54.1 Å². The molecule has 1 amide bonds. The van der Waals surface area contributed by atoms with Crippen molar-refractivity contribution in [3.8, 4) is 0 Å². The van der Waals surface area contributed by atoms with Crippen LogP contribution < -0.4 is 15.5 Å². The lowest BCUT2D eigenvalue weighted by Gasteiger charge is -2.32. The number of piperidine rings is 1. The highest BCUT2D eigenvalue weighted by Crippen LogP contribution is 2.24. The molecule has 3 rings (SSSR count). The molecule has 0 bridgehead atoms. The minimum Gasteiger partial charge on any atom is -0.465 e. The summed E-state index contributed by atoms with van der Waals surface area (Å²) in [5.41, 5.74) is 3.38. The highest BCUT2D eigenvalue weighted by molar-refractivity contribution is 5.91. The molecule has 2 N–H and O–H groups in total. The second-order valence-corrected chi connectivity index (χ2v) is 7.51. The zero-order valence-electron chi connectivity index (χ0n) is 17.1. The van der Waals surface area contributed by atoms with Crippen molar-refractivity contribution < 1.29 is 14.3 Å². The molecule has 0 aliphatic carbocycles. The molecule has 2 aromatic rings. The van der Waals surface area contributed by atoms with E-state index in [0.29, 0.717) is 18.5 Å². The number of hydrogen-bond acceptors (Lipinski definition) is 5. The third-order valence-corrected chi connectivity index (χ3v) is 5.29. The summed E-state index contributed by atoms with van der Waals surface area (Å²) in [6, 6.07) is 15.1. The number of nitrogens with zero attached hydrogens (tertiary/aromatic N) is 1. The van der Waals surface area contributed by atoms with Crippen LogP contribution in [0.3, 0.4) is 0 Å². The standard InChI is InChI=1S/C23H29N3O3/c1-17-12-15-26(16-13-17)21-9-7-20(8-10-21)25-22(27)11-14-24-19-5-3-18(4-6-19)23(28)29-2/h3-10,17,24H,11-16H2,1-2H3,(H,25,27). The topological polar surface area (TPSA) is 70.7 Å². The minimum absolute atomic E-state index is 0.0387. The Morgan fingerprint density at radius 1 is 1.00 bits per heavy atom. The number of nitrogens with one attached hydrogen (secondary N) is 2. The summed E-state index contributed by atoms with van der Waals surface area (Å²) < 4.78 is 4.68. The number of esters is 1. The van der Waals surface area contributed by atoms with Gasteiger partial charge in [-0.3, -0.25) is 4.79 Å². The monoisotopic (exact) mass is 395 g/mol. The lowest BCUT2D eigenvalue weighted by atomic mass is 9.99. The Balaban J connectivity index is 1.42. The summed E-state index contributed by atoms with van der Waals surface area (Å²) in [5, 5.41) is 6.12. The lowest BCUT2D eigenvalue weighted by molar-refractivity contribution is -0.115. The highest BCUT2D eigenvalue weighted by Gasteiger charge is 2.15. The molecule has 1 heterocycles. The van der Waals surface area contributed by atoms with E-state index in [4.69, 9.17) is 0 Å². The van der Waals surface area contributed by atoms with Crippen molar-refractivity contribution in [2.75, 3.05) is 42.3 Å². The van der Waals surface area contributed by atoms with Crippen LogP contribution in [0.2, 0.25) is 0 Å². The first kappa shape index (κ1) is 20.7. The number of ether oxygens (including phenoxy) is 1. The Morgan fingerprint density at radius 3 is 2.24 bits per heavy atom. The predicted molar refractivity (Wildman–Crippen MR) is 117 cm³/mol. The maximum atomic E-state index is 12.2. The van der Waals surface area contributed by atoms with Gasteiger partial charge in [-0.2, -0.15) is 0 Å². The summed E-state index contributed by atoms with van der Waals surface area (Å²) in [6.07, 6.45) is 2.82. The number of rotatable bonds is 7. The molecule has 0 aromatic heterocycles. The number of anilines is 3. The molecular weight excluding hydrogens is 366 g/mol. The third-order valence-electron chi connectivity index (χ3n) is 5.29. The summed E-state index contributed by atoms with van der Waals surface area (Å²) in [4.78, 5) is 26.0. The van der Waals surface area contributed by atoms with E-state index in [9.17, 15) is 9.59 Å². The van der Waals surface area contributed by atoms with Crippen molar-refractivity contribution in [2.45, 2.75) is 26.2 Å². The molecule has 0 unspecified atom stereocenters. The zero-order valence-corrected chi connectivity index (χ0v) is 17.1. The molecule has 154 valence electrons. The molecule has 1 fully saturated rings. The van der Waals surface area contributed by atoms with Gasteiger partial charge >= 0.3 is 5.97 Å². The van der Waals surface area contributed by atoms with Crippen molar-refractivity contribution >= 4 is 28.9 Å². The SMILES string of the molecule is COC(=O)c1ccc(NCCC(=O)Nc2ccc(N3CCC(C)CC3)cc2)cc1. The van der Waals surface area contributed by atoms with Gasteiger partial charge in [-0.25, -0.2) is 4.79 Å². The van der Waals surface area contributed by atoms with Gasteiger partial charge in [-0.15, -0.1) is 0 Å². The van der Waals surface area contributed by atoms with Crippen molar-refractivity contribution in [2.24, 2.45) is 5.92 Å². The van der Waals surface area contributed by atoms with Gasteiger partial charge in [0.25, 0.3) is 0 Å². The van der Waals surface area contributed by atoms with E-state index in [0.717, 1.165) is 30.4 Å². The molecule has 0 spiro atoms. The maximum Gasteiger partial charge on any atom is 0.337 e. The first-order valence-electron chi connectivity index (χ1n) is 10.1. The Hall–Kier alpha value is -3.02. The molecular formula is C23H29N3O3. The van der Waals surface area contributed by atoms with E-state index in [1.54, 1.807) is 24.3 Å². The largest absolute Gasteiger partial charge is 0.465 e. The van der Waals surface area contributed by atoms with Crippen molar-refractivity contribution in [1.82, 2.24) is 0 Å². The van der Waals surface area contributed by atoms with Crippen LogP contribution in [-0.2, 0) is 9.53 Å². The molecule has 6 nitrogen and oxygen atoms in total. The van der Waals surface area contributed by atoms with E-state index >= 15 is 0 Å². The fraction of sp³-hybridized carbons (Fsp3) is 0.391. The minimum atomic E-state index is -0.364. The number of amides is 1. The Morgan fingerprint density at radius 2 is 1.62 bits per heavy atom. The van der Waals surface area contributed by atoms with E-state index in [-0.39, 0.29) is 11.9 Å².